The summed E-state index contributed by atoms with van der Waals surface area (Å²) in [7, 11) is -1.57. The highest BCUT2D eigenvalue weighted by atomic mass is 32.2. The Labute approximate surface area is 122 Å². The number of sulfonamides is 1. The Morgan fingerprint density at radius 1 is 1.25 bits per heavy atom. The number of hydrogen-bond acceptors (Lipinski definition) is 3. The molecule has 0 aliphatic heterocycles. The average molecular weight is 296 g/mol. The molecule has 0 heterocycles. The summed E-state index contributed by atoms with van der Waals surface area (Å²) in [6, 6.07) is 3.79. The first-order valence-corrected chi connectivity index (χ1v) is 8.43. The van der Waals surface area contributed by atoms with Crippen molar-refractivity contribution in [1.29, 1.82) is 0 Å². The summed E-state index contributed by atoms with van der Waals surface area (Å²) in [5.74, 6) is 0. The Balaban J connectivity index is 2.33. The molecule has 1 saturated carbocycles. The Hall–Kier alpha value is -0.910. The maximum Gasteiger partial charge on any atom is 0.241 e. The van der Waals surface area contributed by atoms with E-state index in [0.717, 1.165) is 23.1 Å². The van der Waals surface area contributed by atoms with Gasteiger partial charge in [0, 0.05) is 12.6 Å². The Kier molecular flexibility index (Phi) is 3.97. The van der Waals surface area contributed by atoms with Gasteiger partial charge in [0.05, 0.1) is 4.90 Å². The van der Waals surface area contributed by atoms with Gasteiger partial charge in [0.1, 0.15) is 0 Å². The van der Waals surface area contributed by atoms with Gasteiger partial charge in [-0.1, -0.05) is 19.9 Å². The van der Waals surface area contributed by atoms with Crippen molar-refractivity contribution in [2.24, 2.45) is 5.41 Å². The minimum atomic E-state index is -3.43. The lowest BCUT2D eigenvalue weighted by Gasteiger charge is -2.14. The highest BCUT2D eigenvalue weighted by Crippen LogP contribution is 2.45. The quantitative estimate of drug-likeness (QED) is 0.875. The molecule has 112 valence electrons. The van der Waals surface area contributed by atoms with E-state index in [0.29, 0.717) is 11.4 Å². The first-order valence-electron chi connectivity index (χ1n) is 6.94. The molecule has 20 heavy (non-hydrogen) atoms. The van der Waals surface area contributed by atoms with Gasteiger partial charge in [0.25, 0.3) is 0 Å². The summed E-state index contributed by atoms with van der Waals surface area (Å²) < 4.78 is 27.9. The zero-order valence-electron chi connectivity index (χ0n) is 12.9. The van der Waals surface area contributed by atoms with Gasteiger partial charge in [0.2, 0.25) is 10.0 Å². The molecule has 4 nitrogen and oxygen atoms in total. The highest BCUT2D eigenvalue weighted by molar-refractivity contribution is 7.89. The number of aryl methyl sites for hydroxylation is 2. The van der Waals surface area contributed by atoms with Crippen LogP contribution in [0.1, 0.15) is 37.0 Å². The van der Waals surface area contributed by atoms with Crippen molar-refractivity contribution in [3.63, 3.8) is 0 Å². The van der Waals surface area contributed by atoms with Gasteiger partial charge in [0.15, 0.2) is 0 Å². The number of benzene rings is 1. The van der Waals surface area contributed by atoms with Crippen LogP contribution in [0.15, 0.2) is 17.0 Å². The van der Waals surface area contributed by atoms with Gasteiger partial charge in [-0.15, -0.1) is 0 Å². The van der Waals surface area contributed by atoms with Gasteiger partial charge >= 0.3 is 0 Å². The molecule has 1 fully saturated rings. The van der Waals surface area contributed by atoms with E-state index in [4.69, 9.17) is 0 Å². The Morgan fingerprint density at radius 3 is 2.35 bits per heavy atom. The van der Waals surface area contributed by atoms with Gasteiger partial charge < -0.3 is 5.32 Å². The van der Waals surface area contributed by atoms with E-state index in [2.05, 4.69) is 23.9 Å². The Morgan fingerprint density at radius 2 is 1.85 bits per heavy atom. The second kappa shape index (κ2) is 5.13. The molecular weight excluding hydrogens is 272 g/mol. The summed E-state index contributed by atoms with van der Waals surface area (Å²) in [6.07, 6.45) is 0.903. The lowest BCUT2D eigenvalue weighted by atomic mass is 10.1. The SMILES string of the molecule is CNCc1cc(S(=O)(=O)NC2CC2(C)C)c(C)cc1C. The Bertz CT molecular complexity index is 621. The normalized spacial score (nSPS) is 20.9. The molecule has 1 unspecified atom stereocenters. The molecule has 1 aromatic rings. The predicted molar refractivity (Wildman–Crippen MR) is 81.2 cm³/mol. The molecule has 0 amide bonds. The van der Waals surface area contributed by atoms with Crippen LogP contribution in [0, 0.1) is 19.3 Å². The molecule has 0 saturated heterocycles. The van der Waals surface area contributed by atoms with Gasteiger partial charge in [-0.05, 0) is 55.5 Å². The van der Waals surface area contributed by atoms with Crippen LogP contribution >= 0.6 is 0 Å². The fourth-order valence-electron chi connectivity index (χ4n) is 2.46. The summed E-state index contributed by atoms with van der Waals surface area (Å²) in [4.78, 5) is 0.399. The molecule has 1 aliphatic rings. The van der Waals surface area contributed by atoms with E-state index >= 15 is 0 Å². The third-order valence-electron chi connectivity index (χ3n) is 4.10. The molecule has 1 aliphatic carbocycles. The lowest BCUT2D eigenvalue weighted by molar-refractivity contribution is 0.554. The smallest absolute Gasteiger partial charge is 0.241 e. The van der Waals surface area contributed by atoms with Crippen LogP contribution in [0.5, 0.6) is 0 Å². The van der Waals surface area contributed by atoms with E-state index in [9.17, 15) is 8.42 Å². The summed E-state index contributed by atoms with van der Waals surface area (Å²) in [5, 5.41) is 3.07. The van der Waals surface area contributed by atoms with Crippen LogP contribution in [-0.4, -0.2) is 21.5 Å². The maximum atomic E-state index is 12.5. The van der Waals surface area contributed by atoms with Gasteiger partial charge in [-0.25, -0.2) is 13.1 Å². The van der Waals surface area contributed by atoms with E-state index in [-0.39, 0.29) is 11.5 Å². The molecule has 0 radical (unpaired) electrons. The van der Waals surface area contributed by atoms with Crippen LogP contribution in [0.25, 0.3) is 0 Å². The molecule has 1 atom stereocenters. The van der Waals surface area contributed by atoms with Crippen molar-refractivity contribution in [2.45, 2.75) is 51.6 Å². The van der Waals surface area contributed by atoms with Crippen molar-refractivity contribution in [3.05, 3.63) is 28.8 Å². The second-order valence-corrected chi connectivity index (χ2v) is 8.12. The lowest BCUT2D eigenvalue weighted by Crippen LogP contribution is -2.29. The molecule has 1 aromatic carbocycles. The van der Waals surface area contributed by atoms with E-state index in [1.807, 2.05) is 27.0 Å². The van der Waals surface area contributed by atoms with Crippen LogP contribution in [0.4, 0.5) is 0 Å². The zero-order chi connectivity index (χ0) is 15.1. The van der Waals surface area contributed by atoms with E-state index in [1.54, 1.807) is 6.07 Å². The third-order valence-corrected chi connectivity index (χ3v) is 5.71. The third kappa shape index (κ3) is 3.05. The standard InChI is InChI=1S/C15H24N2O2S/c1-10-6-11(2)13(7-12(10)9-16-5)20(18,19)17-14-8-15(14,3)4/h6-7,14,16-17H,8-9H2,1-5H3. The first-order chi connectivity index (χ1) is 9.17. The minimum Gasteiger partial charge on any atom is -0.316 e. The monoisotopic (exact) mass is 296 g/mol. The summed E-state index contributed by atoms with van der Waals surface area (Å²) >= 11 is 0. The van der Waals surface area contributed by atoms with Crippen LogP contribution < -0.4 is 10.0 Å². The van der Waals surface area contributed by atoms with Crippen LogP contribution in [-0.2, 0) is 16.6 Å². The van der Waals surface area contributed by atoms with Crippen molar-refractivity contribution in [3.8, 4) is 0 Å². The molecule has 0 aromatic heterocycles. The van der Waals surface area contributed by atoms with Crippen LogP contribution in [0.2, 0.25) is 0 Å². The first kappa shape index (κ1) is 15.5. The fourth-order valence-corrected chi connectivity index (χ4v) is 4.15. The highest BCUT2D eigenvalue weighted by Gasteiger charge is 2.48. The summed E-state index contributed by atoms with van der Waals surface area (Å²) in [6.45, 7) is 8.68. The van der Waals surface area contributed by atoms with E-state index in [1.165, 1.54) is 0 Å². The van der Waals surface area contributed by atoms with Crippen molar-refractivity contribution >= 4 is 10.0 Å². The molecule has 2 rings (SSSR count). The molecule has 0 bridgehead atoms. The maximum absolute atomic E-state index is 12.5. The van der Waals surface area contributed by atoms with Crippen molar-refractivity contribution in [1.82, 2.24) is 10.0 Å². The number of nitrogens with one attached hydrogen (secondary N) is 2. The molecule has 5 heteroatoms. The molecule has 2 N–H and O–H groups in total. The molecular formula is C15H24N2O2S. The topological polar surface area (TPSA) is 58.2 Å². The second-order valence-electron chi connectivity index (χ2n) is 6.44. The number of hydrogen-bond donors (Lipinski definition) is 2. The van der Waals surface area contributed by atoms with Crippen LogP contribution in [0.3, 0.4) is 0 Å². The van der Waals surface area contributed by atoms with Gasteiger partial charge in [-0.3, -0.25) is 0 Å². The largest absolute Gasteiger partial charge is 0.316 e. The summed E-state index contributed by atoms with van der Waals surface area (Å²) in [5.41, 5.74) is 3.02. The zero-order valence-corrected chi connectivity index (χ0v) is 13.7. The van der Waals surface area contributed by atoms with Crippen molar-refractivity contribution < 1.29 is 8.42 Å². The van der Waals surface area contributed by atoms with Crippen molar-refractivity contribution in [2.75, 3.05) is 7.05 Å². The van der Waals surface area contributed by atoms with Gasteiger partial charge in [-0.2, -0.15) is 0 Å². The number of rotatable bonds is 5. The fraction of sp³-hybridized carbons (Fsp3) is 0.600. The predicted octanol–water partition coefficient (Wildman–Crippen LogP) is 2.10. The minimum absolute atomic E-state index is 0.0564. The van der Waals surface area contributed by atoms with E-state index < -0.39 is 10.0 Å². The average Bonchev–Trinajstić information content (AvgIpc) is 2.88. The molecule has 0 spiro atoms.